The molecular weight excluding hydrogens is 455 g/mol. The summed E-state index contributed by atoms with van der Waals surface area (Å²) in [5.41, 5.74) is 0.636. The topological polar surface area (TPSA) is 61.4 Å². The van der Waals surface area contributed by atoms with Crippen LogP contribution in [0.3, 0.4) is 0 Å². The Morgan fingerprint density at radius 2 is 1.63 bits per heavy atom. The molecule has 8 heteroatoms. The van der Waals surface area contributed by atoms with Gasteiger partial charge in [-0.05, 0) is 74.7 Å². The average molecular weight is 488 g/mol. The van der Waals surface area contributed by atoms with Gasteiger partial charge < -0.3 is 10.6 Å². The minimum absolute atomic E-state index is 0.0428. The molecule has 1 heterocycles. The number of anilines is 1. The Morgan fingerprint density at radius 1 is 0.914 bits per heavy atom. The standard InChI is InChI=1S/C27H32F3N3O2/c28-27(29,30)22-8-5-7-21(17-22)26(35)32-24-11-4-6-19(16-24)18-33-14-12-20(13-15-33)25(34)31-23-9-2-1-3-10-23/h4-8,11,16-17,20,23H,1-3,9-10,12-15,18H2,(H,31,34)(H,32,35). The number of piperidine rings is 1. The summed E-state index contributed by atoms with van der Waals surface area (Å²) >= 11 is 0. The first kappa shape index (κ1) is 25.2. The second-order valence-corrected chi connectivity index (χ2v) is 9.63. The van der Waals surface area contributed by atoms with Crippen molar-refractivity contribution >= 4 is 17.5 Å². The van der Waals surface area contributed by atoms with Gasteiger partial charge in [-0.15, -0.1) is 0 Å². The molecule has 0 aromatic heterocycles. The minimum atomic E-state index is -4.50. The fourth-order valence-electron chi connectivity index (χ4n) is 4.96. The summed E-state index contributed by atoms with van der Waals surface area (Å²) in [7, 11) is 0. The molecule has 1 aliphatic carbocycles. The van der Waals surface area contributed by atoms with Gasteiger partial charge in [-0.2, -0.15) is 13.2 Å². The van der Waals surface area contributed by atoms with E-state index >= 15 is 0 Å². The number of amides is 2. The van der Waals surface area contributed by atoms with Crippen molar-refractivity contribution in [1.29, 1.82) is 0 Å². The van der Waals surface area contributed by atoms with Gasteiger partial charge in [0.05, 0.1) is 5.56 Å². The molecule has 1 saturated heterocycles. The third-order valence-electron chi connectivity index (χ3n) is 6.95. The molecule has 0 unspecified atom stereocenters. The largest absolute Gasteiger partial charge is 0.416 e. The maximum atomic E-state index is 12.9. The van der Waals surface area contributed by atoms with E-state index in [1.807, 2.05) is 18.2 Å². The molecule has 1 aliphatic heterocycles. The highest BCUT2D eigenvalue weighted by molar-refractivity contribution is 6.04. The van der Waals surface area contributed by atoms with Crippen LogP contribution in [0.2, 0.25) is 0 Å². The Bertz CT molecular complexity index is 1030. The molecule has 0 atom stereocenters. The third kappa shape index (κ3) is 7.07. The number of carbonyl (C=O) groups is 2. The van der Waals surface area contributed by atoms with E-state index in [9.17, 15) is 22.8 Å². The van der Waals surface area contributed by atoms with Gasteiger partial charge in [0.1, 0.15) is 0 Å². The molecule has 35 heavy (non-hydrogen) atoms. The van der Waals surface area contributed by atoms with Crippen molar-refractivity contribution in [2.75, 3.05) is 18.4 Å². The molecular formula is C27H32F3N3O2. The number of rotatable bonds is 6. The highest BCUT2D eigenvalue weighted by Crippen LogP contribution is 2.30. The second kappa shape index (κ2) is 11.2. The van der Waals surface area contributed by atoms with Gasteiger partial charge >= 0.3 is 6.18 Å². The fourth-order valence-corrected chi connectivity index (χ4v) is 4.96. The van der Waals surface area contributed by atoms with E-state index in [-0.39, 0.29) is 17.4 Å². The summed E-state index contributed by atoms with van der Waals surface area (Å²) in [5, 5.41) is 5.94. The summed E-state index contributed by atoms with van der Waals surface area (Å²) in [4.78, 5) is 27.4. The van der Waals surface area contributed by atoms with Crippen molar-refractivity contribution in [3.63, 3.8) is 0 Å². The summed E-state index contributed by atoms with van der Waals surface area (Å²) in [6.07, 6.45) is 2.98. The number of nitrogens with one attached hydrogen (secondary N) is 2. The summed E-state index contributed by atoms with van der Waals surface area (Å²) in [6.45, 7) is 2.33. The van der Waals surface area contributed by atoms with Crippen LogP contribution in [0.25, 0.3) is 0 Å². The average Bonchev–Trinajstić information content (AvgIpc) is 2.85. The molecule has 188 valence electrons. The van der Waals surface area contributed by atoms with Gasteiger partial charge in [0.25, 0.3) is 5.91 Å². The zero-order valence-corrected chi connectivity index (χ0v) is 19.7. The van der Waals surface area contributed by atoms with Crippen LogP contribution < -0.4 is 10.6 Å². The van der Waals surface area contributed by atoms with Gasteiger partial charge in [-0.3, -0.25) is 14.5 Å². The highest BCUT2D eigenvalue weighted by Gasteiger charge is 2.31. The molecule has 4 rings (SSSR count). The predicted octanol–water partition coefficient (Wildman–Crippen LogP) is 5.62. The van der Waals surface area contributed by atoms with E-state index < -0.39 is 17.6 Å². The van der Waals surface area contributed by atoms with E-state index in [0.717, 1.165) is 56.5 Å². The predicted molar refractivity (Wildman–Crippen MR) is 129 cm³/mol. The number of carbonyl (C=O) groups excluding carboxylic acids is 2. The van der Waals surface area contributed by atoms with Crippen LogP contribution in [0.15, 0.2) is 48.5 Å². The van der Waals surface area contributed by atoms with Crippen molar-refractivity contribution in [2.24, 2.45) is 5.92 Å². The normalized spacial score (nSPS) is 18.3. The third-order valence-corrected chi connectivity index (χ3v) is 6.95. The number of likely N-dealkylation sites (tertiary alicyclic amines) is 1. The molecule has 2 aromatic carbocycles. The van der Waals surface area contributed by atoms with Crippen LogP contribution in [-0.2, 0) is 17.5 Å². The molecule has 2 aromatic rings. The lowest BCUT2D eigenvalue weighted by Gasteiger charge is -2.32. The SMILES string of the molecule is O=C(Nc1cccc(CN2CCC(C(=O)NC3CCCCC3)CC2)c1)c1cccc(C(F)(F)F)c1. The summed E-state index contributed by atoms with van der Waals surface area (Å²) in [6, 6.07) is 12.1. The molecule has 5 nitrogen and oxygen atoms in total. The molecule has 2 amide bonds. The number of hydrogen-bond donors (Lipinski definition) is 2. The van der Waals surface area contributed by atoms with Gasteiger partial charge in [0, 0.05) is 29.8 Å². The van der Waals surface area contributed by atoms with Crippen LogP contribution in [-0.4, -0.2) is 35.8 Å². The lowest BCUT2D eigenvalue weighted by atomic mass is 9.92. The first-order valence-electron chi connectivity index (χ1n) is 12.4. The number of halogens is 3. The van der Waals surface area contributed by atoms with E-state index in [4.69, 9.17) is 0 Å². The minimum Gasteiger partial charge on any atom is -0.353 e. The Labute approximate surface area is 204 Å². The van der Waals surface area contributed by atoms with Crippen LogP contribution in [0.5, 0.6) is 0 Å². The number of nitrogens with zero attached hydrogens (tertiary/aromatic N) is 1. The first-order valence-corrected chi connectivity index (χ1v) is 12.4. The second-order valence-electron chi connectivity index (χ2n) is 9.63. The van der Waals surface area contributed by atoms with Crippen LogP contribution in [0, 0.1) is 5.92 Å². The van der Waals surface area contributed by atoms with Crippen LogP contribution >= 0.6 is 0 Å². The maximum absolute atomic E-state index is 12.9. The molecule has 0 bridgehead atoms. The molecule has 0 radical (unpaired) electrons. The molecule has 0 spiro atoms. The van der Waals surface area contributed by atoms with Gasteiger partial charge in [0.15, 0.2) is 0 Å². The maximum Gasteiger partial charge on any atom is 0.416 e. The Morgan fingerprint density at radius 3 is 2.34 bits per heavy atom. The van der Waals surface area contributed by atoms with E-state index in [0.29, 0.717) is 18.3 Å². The molecule has 2 aliphatic rings. The Balaban J connectivity index is 1.28. The van der Waals surface area contributed by atoms with Gasteiger partial charge in [-0.1, -0.05) is 37.5 Å². The first-order chi connectivity index (χ1) is 16.8. The monoisotopic (exact) mass is 487 g/mol. The van der Waals surface area contributed by atoms with E-state index in [1.165, 1.54) is 31.4 Å². The van der Waals surface area contributed by atoms with E-state index in [1.54, 1.807) is 6.07 Å². The van der Waals surface area contributed by atoms with Gasteiger partial charge in [0.2, 0.25) is 5.91 Å². The summed E-state index contributed by atoms with van der Waals surface area (Å²) in [5.74, 6) is -0.333. The number of hydrogen-bond acceptors (Lipinski definition) is 3. The lowest BCUT2D eigenvalue weighted by Crippen LogP contribution is -2.44. The molecule has 2 fully saturated rings. The molecule has 1 saturated carbocycles. The zero-order valence-electron chi connectivity index (χ0n) is 19.7. The van der Waals surface area contributed by atoms with Crippen molar-refractivity contribution in [3.05, 3.63) is 65.2 Å². The van der Waals surface area contributed by atoms with Crippen molar-refractivity contribution < 1.29 is 22.8 Å². The van der Waals surface area contributed by atoms with Gasteiger partial charge in [-0.25, -0.2) is 0 Å². The highest BCUT2D eigenvalue weighted by atomic mass is 19.4. The van der Waals surface area contributed by atoms with Crippen LogP contribution in [0.1, 0.15) is 66.4 Å². The van der Waals surface area contributed by atoms with Crippen molar-refractivity contribution in [1.82, 2.24) is 10.2 Å². The Hall–Kier alpha value is -2.87. The lowest BCUT2D eigenvalue weighted by molar-refractivity contribution is -0.137. The van der Waals surface area contributed by atoms with Crippen molar-refractivity contribution in [2.45, 2.75) is 63.7 Å². The van der Waals surface area contributed by atoms with E-state index in [2.05, 4.69) is 15.5 Å². The molecule has 2 N–H and O–H groups in total. The van der Waals surface area contributed by atoms with Crippen molar-refractivity contribution in [3.8, 4) is 0 Å². The summed E-state index contributed by atoms with van der Waals surface area (Å²) < 4.78 is 38.8. The smallest absolute Gasteiger partial charge is 0.353 e. The zero-order chi connectivity index (χ0) is 24.8. The van der Waals surface area contributed by atoms with Crippen LogP contribution in [0.4, 0.5) is 18.9 Å². The quantitative estimate of drug-likeness (QED) is 0.556. The number of alkyl halides is 3. The number of benzene rings is 2. The fraction of sp³-hybridized carbons (Fsp3) is 0.481. The Kier molecular flexibility index (Phi) is 8.11.